The average Bonchev–Trinajstić information content (AvgIpc) is 2.23. The molecule has 0 amide bonds. The smallest absolute Gasteiger partial charge is 0.125 e. The third-order valence-electron chi connectivity index (χ3n) is 2.57. The minimum Gasteiger partial charge on any atom is -0.490 e. The Balaban J connectivity index is 2.80. The Morgan fingerprint density at radius 3 is 2.47 bits per heavy atom. The maximum Gasteiger partial charge on any atom is 0.125 e. The van der Waals surface area contributed by atoms with Gasteiger partial charge in [-0.15, -0.1) is 0 Å². The van der Waals surface area contributed by atoms with Crippen LogP contribution in [0.1, 0.15) is 16.7 Å². The van der Waals surface area contributed by atoms with E-state index in [9.17, 15) is 5.11 Å². The van der Waals surface area contributed by atoms with Gasteiger partial charge in [0, 0.05) is 6.54 Å². The summed E-state index contributed by atoms with van der Waals surface area (Å²) < 4.78 is 5.57. The minimum absolute atomic E-state index is 0.226. The fourth-order valence-corrected chi connectivity index (χ4v) is 1.40. The van der Waals surface area contributed by atoms with Crippen LogP contribution in [0.15, 0.2) is 12.1 Å². The van der Waals surface area contributed by atoms with Crippen molar-refractivity contribution in [1.29, 1.82) is 0 Å². The van der Waals surface area contributed by atoms with Crippen molar-refractivity contribution in [1.82, 2.24) is 0 Å². The third kappa shape index (κ3) is 2.94. The van der Waals surface area contributed by atoms with Crippen LogP contribution in [0, 0.1) is 20.8 Å². The van der Waals surface area contributed by atoms with E-state index in [4.69, 9.17) is 10.5 Å². The molecule has 0 fully saturated rings. The van der Waals surface area contributed by atoms with Gasteiger partial charge >= 0.3 is 0 Å². The van der Waals surface area contributed by atoms with Crippen molar-refractivity contribution < 1.29 is 9.84 Å². The molecule has 0 aromatic heterocycles. The largest absolute Gasteiger partial charge is 0.490 e. The minimum atomic E-state index is -0.593. The zero-order chi connectivity index (χ0) is 11.4. The Kier molecular flexibility index (Phi) is 4.12. The van der Waals surface area contributed by atoms with Gasteiger partial charge in [0.2, 0.25) is 0 Å². The van der Waals surface area contributed by atoms with Crippen molar-refractivity contribution in [3.63, 3.8) is 0 Å². The van der Waals surface area contributed by atoms with Crippen LogP contribution in [-0.2, 0) is 0 Å². The number of nitrogens with two attached hydrogens (primary N) is 1. The molecule has 1 aromatic rings. The summed E-state index contributed by atoms with van der Waals surface area (Å²) in [6.45, 7) is 6.54. The quantitative estimate of drug-likeness (QED) is 0.786. The first kappa shape index (κ1) is 12.0. The number of aliphatic hydroxyl groups excluding tert-OH is 1. The number of aliphatic hydroxyl groups is 1. The van der Waals surface area contributed by atoms with E-state index >= 15 is 0 Å². The van der Waals surface area contributed by atoms with Crippen LogP contribution >= 0.6 is 0 Å². The Morgan fingerprint density at radius 1 is 1.27 bits per heavy atom. The normalized spacial score (nSPS) is 12.6. The molecule has 0 bridgehead atoms. The fraction of sp³-hybridized carbons (Fsp3) is 0.500. The maximum atomic E-state index is 9.32. The first-order chi connectivity index (χ1) is 7.06. The predicted molar refractivity (Wildman–Crippen MR) is 61.2 cm³/mol. The lowest BCUT2D eigenvalue weighted by Gasteiger charge is -2.15. The zero-order valence-corrected chi connectivity index (χ0v) is 9.58. The van der Waals surface area contributed by atoms with Crippen LogP contribution in [-0.4, -0.2) is 24.4 Å². The molecule has 1 unspecified atom stereocenters. The van der Waals surface area contributed by atoms with E-state index < -0.39 is 6.10 Å². The second-order valence-corrected chi connectivity index (χ2v) is 3.85. The van der Waals surface area contributed by atoms with Gasteiger partial charge in [0.15, 0.2) is 0 Å². The molecule has 3 nitrogen and oxygen atoms in total. The van der Waals surface area contributed by atoms with E-state index in [1.54, 1.807) is 0 Å². The van der Waals surface area contributed by atoms with Gasteiger partial charge in [-0.05, 0) is 37.5 Å². The van der Waals surface area contributed by atoms with Crippen molar-refractivity contribution >= 4 is 0 Å². The Bertz CT molecular complexity index is 337. The molecule has 0 saturated carbocycles. The van der Waals surface area contributed by atoms with Gasteiger partial charge in [0.1, 0.15) is 18.5 Å². The SMILES string of the molecule is Cc1ccc(C)c(OCC(O)CN)c1C. The molecule has 1 aromatic carbocycles. The second-order valence-electron chi connectivity index (χ2n) is 3.85. The summed E-state index contributed by atoms with van der Waals surface area (Å²) in [6.07, 6.45) is -0.593. The first-order valence-corrected chi connectivity index (χ1v) is 5.14. The average molecular weight is 209 g/mol. The standard InChI is InChI=1S/C12H19NO2/c1-8-4-5-9(2)12(10(8)3)15-7-11(14)6-13/h4-5,11,14H,6-7,13H2,1-3H3. The highest BCUT2D eigenvalue weighted by atomic mass is 16.5. The van der Waals surface area contributed by atoms with E-state index in [0.29, 0.717) is 0 Å². The molecule has 84 valence electrons. The van der Waals surface area contributed by atoms with Gasteiger partial charge in [-0.1, -0.05) is 12.1 Å². The highest BCUT2D eigenvalue weighted by molar-refractivity contribution is 5.44. The molecule has 1 atom stereocenters. The van der Waals surface area contributed by atoms with Gasteiger partial charge < -0.3 is 15.6 Å². The van der Waals surface area contributed by atoms with E-state index in [1.807, 2.05) is 26.8 Å². The molecule has 0 radical (unpaired) electrons. The topological polar surface area (TPSA) is 55.5 Å². The summed E-state index contributed by atoms with van der Waals surface area (Å²) in [4.78, 5) is 0. The van der Waals surface area contributed by atoms with Crippen LogP contribution in [0.4, 0.5) is 0 Å². The maximum absolute atomic E-state index is 9.32. The van der Waals surface area contributed by atoms with Gasteiger partial charge in [-0.3, -0.25) is 0 Å². The van der Waals surface area contributed by atoms with Crippen LogP contribution in [0.25, 0.3) is 0 Å². The summed E-state index contributed by atoms with van der Waals surface area (Å²) in [5.41, 5.74) is 8.71. The zero-order valence-electron chi connectivity index (χ0n) is 9.58. The van der Waals surface area contributed by atoms with Crippen molar-refractivity contribution in [2.24, 2.45) is 5.73 Å². The number of aryl methyl sites for hydroxylation is 2. The van der Waals surface area contributed by atoms with Crippen molar-refractivity contribution in [3.05, 3.63) is 28.8 Å². The molecule has 15 heavy (non-hydrogen) atoms. The number of hydrogen-bond acceptors (Lipinski definition) is 3. The molecule has 3 heteroatoms. The molecule has 3 N–H and O–H groups in total. The Morgan fingerprint density at radius 2 is 1.87 bits per heavy atom. The molecule has 0 aliphatic carbocycles. The lowest BCUT2D eigenvalue weighted by molar-refractivity contribution is 0.113. The first-order valence-electron chi connectivity index (χ1n) is 5.14. The highest BCUT2D eigenvalue weighted by Crippen LogP contribution is 2.25. The number of benzene rings is 1. The van der Waals surface area contributed by atoms with Crippen LogP contribution in [0.2, 0.25) is 0 Å². The molecular weight excluding hydrogens is 190 g/mol. The van der Waals surface area contributed by atoms with Gasteiger partial charge in [-0.25, -0.2) is 0 Å². The van der Waals surface area contributed by atoms with Crippen molar-refractivity contribution in [2.75, 3.05) is 13.2 Å². The van der Waals surface area contributed by atoms with Crippen LogP contribution < -0.4 is 10.5 Å². The van der Waals surface area contributed by atoms with Crippen LogP contribution in [0.3, 0.4) is 0 Å². The summed E-state index contributed by atoms with van der Waals surface area (Å²) >= 11 is 0. The monoisotopic (exact) mass is 209 g/mol. The molecular formula is C12H19NO2. The Hall–Kier alpha value is -1.06. The number of hydrogen-bond donors (Lipinski definition) is 2. The fourth-order valence-electron chi connectivity index (χ4n) is 1.40. The van der Waals surface area contributed by atoms with Crippen molar-refractivity contribution in [2.45, 2.75) is 26.9 Å². The second kappa shape index (κ2) is 5.14. The summed E-state index contributed by atoms with van der Waals surface area (Å²) in [6, 6.07) is 4.09. The third-order valence-corrected chi connectivity index (χ3v) is 2.57. The van der Waals surface area contributed by atoms with E-state index in [1.165, 1.54) is 5.56 Å². The number of ether oxygens (including phenoxy) is 1. The van der Waals surface area contributed by atoms with E-state index in [-0.39, 0.29) is 13.2 Å². The molecule has 1 rings (SSSR count). The van der Waals surface area contributed by atoms with Gasteiger partial charge in [0.25, 0.3) is 0 Å². The molecule has 0 aliphatic rings. The lowest BCUT2D eigenvalue weighted by atomic mass is 10.1. The number of rotatable bonds is 4. The van der Waals surface area contributed by atoms with E-state index in [2.05, 4.69) is 6.07 Å². The lowest BCUT2D eigenvalue weighted by Crippen LogP contribution is -2.26. The van der Waals surface area contributed by atoms with Crippen molar-refractivity contribution in [3.8, 4) is 5.75 Å². The molecule has 0 saturated heterocycles. The highest BCUT2D eigenvalue weighted by Gasteiger charge is 2.08. The Labute approximate surface area is 90.9 Å². The summed E-state index contributed by atoms with van der Waals surface area (Å²) in [5.74, 6) is 0.863. The summed E-state index contributed by atoms with van der Waals surface area (Å²) in [7, 11) is 0. The molecule has 0 heterocycles. The molecule has 0 aliphatic heterocycles. The van der Waals surface area contributed by atoms with Crippen LogP contribution in [0.5, 0.6) is 5.75 Å². The predicted octanol–water partition coefficient (Wildman–Crippen LogP) is 1.31. The van der Waals surface area contributed by atoms with Gasteiger partial charge in [0.05, 0.1) is 0 Å². The van der Waals surface area contributed by atoms with Gasteiger partial charge in [-0.2, -0.15) is 0 Å². The van der Waals surface area contributed by atoms with E-state index in [0.717, 1.165) is 16.9 Å². The molecule has 0 spiro atoms. The summed E-state index contributed by atoms with van der Waals surface area (Å²) in [5, 5.41) is 9.32.